The van der Waals surface area contributed by atoms with E-state index in [1.807, 2.05) is 33.8 Å². The minimum atomic E-state index is -0.448. The van der Waals surface area contributed by atoms with E-state index in [9.17, 15) is 9.59 Å². The summed E-state index contributed by atoms with van der Waals surface area (Å²) >= 11 is 0. The number of carbonyl (C=O) groups excluding carboxylic acids is 2. The van der Waals surface area contributed by atoms with E-state index >= 15 is 0 Å². The molecule has 0 aliphatic rings. The van der Waals surface area contributed by atoms with Crippen LogP contribution in [0.5, 0.6) is 11.5 Å². The molecule has 0 aliphatic heterocycles. The van der Waals surface area contributed by atoms with Gasteiger partial charge in [-0.15, -0.1) is 0 Å². The second-order valence-corrected chi connectivity index (χ2v) is 5.61. The van der Waals surface area contributed by atoms with E-state index in [0.29, 0.717) is 30.3 Å². The number of aryl methyl sites for hydroxylation is 2. The fourth-order valence-corrected chi connectivity index (χ4v) is 2.40. The Morgan fingerprint density at radius 1 is 1.04 bits per heavy atom. The molecule has 0 unspecified atom stereocenters. The lowest BCUT2D eigenvalue weighted by molar-refractivity contribution is -0.122. The van der Waals surface area contributed by atoms with Crippen LogP contribution in [0.25, 0.3) is 0 Å². The van der Waals surface area contributed by atoms with Gasteiger partial charge in [-0.3, -0.25) is 25.1 Å². The van der Waals surface area contributed by atoms with Crippen LogP contribution >= 0.6 is 0 Å². The smallest absolute Gasteiger partial charge is 0.269 e. The summed E-state index contributed by atoms with van der Waals surface area (Å²) in [5.74, 6) is 0.228. The van der Waals surface area contributed by atoms with Gasteiger partial charge in [-0.1, -0.05) is 0 Å². The first-order valence-corrected chi connectivity index (χ1v) is 8.44. The van der Waals surface area contributed by atoms with Crippen molar-refractivity contribution >= 4 is 11.8 Å². The van der Waals surface area contributed by atoms with Crippen molar-refractivity contribution in [2.24, 2.45) is 0 Å². The highest BCUT2D eigenvalue weighted by atomic mass is 16.5. The predicted molar refractivity (Wildman–Crippen MR) is 96.1 cm³/mol. The Morgan fingerprint density at radius 2 is 1.73 bits per heavy atom. The molecule has 8 nitrogen and oxygen atoms in total. The minimum Gasteiger partial charge on any atom is -0.490 e. The highest BCUT2D eigenvalue weighted by molar-refractivity contribution is 5.96. The maximum atomic E-state index is 12.3. The molecule has 0 aliphatic carbocycles. The monoisotopic (exact) mass is 360 g/mol. The van der Waals surface area contributed by atoms with Gasteiger partial charge in [0.05, 0.1) is 18.9 Å². The summed E-state index contributed by atoms with van der Waals surface area (Å²) < 4.78 is 12.5. The first-order chi connectivity index (χ1) is 12.4. The average molecular weight is 360 g/mol. The number of hydrazine groups is 1. The van der Waals surface area contributed by atoms with Gasteiger partial charge in [-0.25, -0.2) is 0 Å². The van der Waals surface area contributed by atoms with Crippen LogP contribution in [0, 0.1) is 13.8 Å². The van der Waals surface area contributed by atoms with Crippen LogP contribution in [0.2, 0.25) is 0 Å². The third-order valence-electron chi connectivity index (χ3n) is 3.52. The van der Waals surface area contributed by atoms with Gasteiger partial charge >= 0.3 is 0 Å². The molecule has 2 amide bonds. The number of amides is 2. The molecule has 2 rings (SSSR count). The van der Waals surface area contributed by atoms with Gasteiger partial charge in [-0.2, -0.15) is 5.10 Å². The van der Waals surface area contributed by atoms with Crippen LogP contribution in [0.4, 0.5) is 0 Å². The summed E-state index contributed by atoms with van der Waals surface area (Å²) in [6.07, 6.45) is 0. The molecular weight excluding hydrogens is 336 g/mol. The zero-order chi connectivity index (χ0) is 19.1. The maximum Gasteiger partial charge on any atom is 0.269 e. The summed E-state index contributed by atoms with van der Waals surface area (Å²) in [5.41, 5.74) is 6.83. The number of rotatable bonds is 7. The predicted octanol–water partition coefficient (Wildman–Crippen LogP) is 1.76. The minimum absolute atomic E-state index is 0.0213. The number of ether oxygens (including phenoxy) is 2. The van der Waals surface area contributed by atoms with Gasteiger partial charge in [0.2, 0.25) is 0 Å². The molecule has 0 bridgehead atoms. The zero-order valence-corrected chi connectivity index (χ0v) is 15.5. The molecule has 0 saturated carbocycles. The fourth-order valence-electron chi connectivity index (χ4n) is 2.40. The van der Waals surface area contributed by atoms with Crippen LogP contribution in [0.1, 0.15) is 35.6 Å². The number of hydrogen-bond donors (Lipinski definition) is 2. The van der Waals surface area contributed by atoms with Gasteiger partial charge in [0.25, 0.3) is 11.8 Å². The van der Waals surface area contributed by atoms with Crippen LogP contribution < -0.4 is 20.3 Å². The SMILES string of the molecule is CCOc1ccc(C(=O)NNC(=O)Cn2nc(C)cc2C)cc1OCC. The van der Waals surface area contributed by atoms with Crippen molar-refractivity contribution < 1.29 is 19.1 Å². The van der Waals surface area contributed by atoms with E-state index < -0.39 is 5.91 Å². The van der Waals surface area contributed by atoms with E-state index in [1.54, 1.807) is 22.9 Å². The second kappa shape index (κ2) is 8.89. The Hall–Kier alpha value is -3.03. The van der Waals surface area contributed by atoms with Crippen molar-refractivity contribution in [2.75, 3.05) is 13.2 Å². The molecule has 2 N–H and O–H groups in total. The summed E-state index contributed by atoms with van der Waals surface area (Å²) in [5, 5.41) is 4.21. The average Bonchev–Trinajstić information content (AvgIpc) is 2.91. The standard InChI is InChI=1S/C18H24N4O4/c1-5-25-15-8-7-14(10-16(15)26-6-2)18(24)20-19-17(23)11-22-13(4)9-12(3)21-22/h7-10H,5-6,11H2,1-4H3,(H,19,23)(H,20,24). The van der Waals surface area contributed by atoms with Gasteiger partial charge in [0.1, 0.15) is 6.54 Å². The topological polar surface area (TPSA) is 94.5 Å². The quantitative estimate of drug-likeness (QED) is 0.734. The van der Waals surface area contributed by atoms with Crippen LogP contribution in [0.3, 0.4) is 0 Å². The van der Waals surface area contributed by atoms with Crippen molar-refractivity contribution in [3.63, 3.8) is 0 Å². The lowest BCUT2D eigenvalue weighted by Gasteiger charge is -2.13. The van der Waals surface area contributed by atoms with E-state index in [2.05, 4.69) is 16.0 Å². The van der Waals surface area contributed by atoms with Crippen molar-refractivity contribution in [3.8, 4) is 11.5 Å². The van der Waals surface area contributed by atoms with Gasteiger partial charge in [0.15, 0.2) is 11.5 Å². The van der Waals surface area contributed by atoms with Crippen LogP contribution in [-0.4, -0.2) is 34.8 Å². The lowest BCUT2D eigenvalue weighted by Crippen LogP contribution is -2.43. The van der Waals surface area contributed by atoms with E-state index in [1.165, 1.54) is 0 Å². The number of nitrogens with zero attached hydrogens (tertiary/aromatic N) is 2. The lowest BCUT2D eigenvalue weighted by atomic mass is 10.2. The molecule has 1 aromatic carbocycles. The van der Waals surface area contributed by atoms with Crippen molar-refractivity contribution in [1.29, 1.82) is 0 Å². The molecule has 0 atom stereocenters. The van der Waals surface area contributed by atoms with E-state index in [-0.39, 0.29) is 12.5 Å². The van der Waals surface area contributed by atoms with Gasteiger partial charge in [-0.05, 0) is 52.0 Å². The third-order valence-corrected chi connectivity index (χ3v) is 3.52. The zero-order valence-electron chi connectivity index (χ0n) is 15.5. The van der Waals surface area contributed by atoms with Crippen molar-refractivity contribution in [1.82, 2.24) is 20.6 Å². The summed E-state index contributed by atoms with van der Waals surface area (Å²) in [6.45, 7) is 8.40. The molecule has 26 heavy (non-hydrogen) atoms. The Balaban J connectivity index is 1.97. The largest absolute Gasteiger partial charge is 0.490 e. The first kappa shape index (κ1) is 19.3. The third kappa shape index (κ3) is 4.98. The van der Waals surface area contributed by atoms with Crippen LogP contribution in [-0.2, 0) is 11.3 Å². The number of aromatic nitrogens is 2. The first-order valence-electron chi connectivity index (χ1n) is 8.44. The molecule has 2 aromatic rings. The summed E-state index contributed by atoms with van der Waals surface area (Å²) in [7, 11) is 0. The Bertz CT molecular complexity index is 785. The summed E-state index contributed by atoms with van der Waals surface area (Å²) in [6, 6.07) is 6.73. The Morgan fingerprint density at radius 3 is 2.35 bits per heavy atom. The summed E-state index contributed by atoms with van der Waals surface area (Å²) in [4.78, 5) is 24.2. The second-order valence-electron chi connectivity index (χ2n) is 5.61. The Kier molecular flexibility index (Phi) is 6.60. The molecule has 1 heterocycles. The van der Waals surface area contributed by atoms with Crippen molar-refractivity contribution in [3.05, 3.63) is 41.2 Å². The molecule has 0 saturated heterocycles. The van der Waals surface area contributed by atoms with E-state index in [4.69, 9.17) is 9.47 Å². The molecule has 140 valence electrons. The fraction of sp³-hybridized carbons (Fsp3) is 0.389. The number of nitrogens with one attached hydrogen (secondary N) is 2. The molecule has 0 fully saturated rings. The van der Waals surface area contributed by atoms with E-state index in [0.717, 1.165) is 11.4 Å². The molecule has 0 spiro atoms. The molecular formula is C18H24N4O4. The molecule has 1 aromatic heterocycles. The van der Waals surface area contributed by atoms with Gasteiger partial charge in [0, 0.05) is 11.3 Å². The van der Waals surface area contributed by atoms with Crippen molar-refractivity contribution in [2.45, 2.75) is 34.2 Å². The normalized spacial score (nSPS) is 10.3. The maximum absolute atomic E-state index is 12.3. The number of hydrogen-bond acceptors (Lipinski definition) is 5. The van der Waals surface area contributed by atoms with Crippen LogP contribution in [0.15, 0.2) is 24.3 Å². The number of carbonyl (C=O) groups is 2. The van der Waals surface area contributed by atoms with Gasteiger partial charge < -0.3 is 9.47 Å². The Labute approximate surface area is 152 Å². The molecule has 0 radical (unpaired) electrons. The highest BCUT2D eigenvalue weighted by Crippen LogP contribution is 2.28. The molecule has 8 heteroatoms. The number of benzene rings is 1. The highest BCUT2D eigenvalue weighted by Gasteiger charge is 2.13.